The van der Waals surface area contributed by atoms with Crippen LogP contribution in [0.4, 0.5) is 5.69 Å². The molecule has 1 amide bonds. The summed E-state index contributed by atoms with van der Waals surface area (Å²) in [6.07, 6.45) is 0. The molecule has 3 rings (SSSR count). The van der Waals surface area contributed by atoms with Crippen molar-refractivity contribution in [3.8, 4) is 5.75 Å². The van der Waals surface area contributed by atoms with E-state index in [0.29, 0.717) is 30.2 Å². The van der Waals surface area contributed by atoms with Gasteiger partial charge in [-0.3, -0.25) is 4.79 Å². The van der Waals surface area contributed by atoms with Crippen LogP contribution in [0.15, 0.2) is 42.5 Å². The second-order valence-corrected chi connectivity index (χ2v) is 5.66. The molecule has 5 nitrogen and oxygen atoms in total. The molecule has 124 valence electrons. The second-order valence-electron chi connectivity index (χ2n) is 5.66. The van der Waals surface area contributed by atoms with Crippen LogP contribution in [0.1, 0.15) is 28.4 Å². The number of nitrogens with zero attached hydrogens (tertiary/aromatic N) is 1. The first-order valence-electron chi connectivity index (χ1n) is 7.88. The van der Waals surface area contributed by atoms with Gasteiger partial charge >= 0.3 is 5.97 Å². The molecule has 0 aliphatic carbocycles. The number of esters is 1. The van der Waals surface area contributed by atoms with E-state index >= 15 is 0 Å². The fraction of sp³-hybridized carbons (Fsp3) is 0.263. The van der Waals surface area contributed by atoms with E-state index in [4.69, 9.17) is 9.47 Å². The SMILES string of the molecule is CCOC(=O)c1ccc2c(c1)N(Cc1ccc(C)cc1)C(=O)CO2. The largest absolute Gasteiger partial charge is 0.482 e. The number of carbonyl (C=O) groups is 2. The van der Waals surface area contributed by atoms with Crippen molar-refractivity contribution in [2.24, 2.45) is 0 Å². The summed E-state index contributed by atoms with van der Waals surface area (Å²) < 4.78 is 10.5. The highest BCUT2D eigenvalue weighted by Gasteiger charge is 2.26. The van der Waals surface area contributed by atoms with Gasteiger partial charge in [0.05, 0.1) is 24.4 Å². The van der Waals surface area contributed by atoms with Crippen LogP contribution in [0.25, 0.3) is 0 Å². The molecular formula is C19H19NO4. The topological polar surface area (TPSA) is 55.8 Å². The lowest BCUT2D eigenvalue weighted by molar-refractivity contribution is -0.121. The molecule has 1 heterocycles. The average molecular weight is 325 g/mol. The van der Waals surface area contributed by atoms with Gasteiger partial charge in [0.15, 0.2) is 6.61 Å². The van der Waals surface area contributed by atoms with E-state index in [0.717, 1.165) is 11.1 Å². The summed E-state index contributed by atoms with van der Waals surface area (Å²) in [4.78, 5) is 25.9. The Labute approximate surface area is 140 Å². The maximum atomic E-state index is 12.3. The minimum Gasteiger partial charge on any atom is -0.482 e. The minimum atomic E-state index is -0.409. The Bertz CT molecular complexity index is 767. The van der Waals surface area contributed by atoms with Gasteiger partial charge < -0.3 is 14.4 Å². The molecule has 24 heavy (non-hydrogen) atoms. The van der Waals surface area contributed by atoms with Crippen molar-refractivity contribution in [2.45, 2.75) is 20.4 Å². The molecule has 0 saturated heterocycles. The van der Waals surface area contributed by atoms with E-state index in [1.165, 1.54) is 0 Å². The van der Waals surface area contributed by atoms with Gasteiger partial charge in [-0.15, -0.1) is 0 Å². The van der Waals surface area contributed by atoms with Gasteiger partial charge in [0.25, 0.3) is 5.91 Å². The summed E-state index contributed by atoms with van der Waals surface area (Å²) in [6.45, 7) is 4.51. The fourth-order valence-electron chi connectivity index (χ4n) is 2.59. The van der Waals surface area contributed by atoms with Crippen LogP contribution in [-0.4, -0.2) is 25.1 Å². The fourth-order valence-corrected chi connectivity index (χ4v) is 2.59. The molecule has 2 aromatic rings. The molecule has 5 heteroatoms. The smallest absolute Gasteiger partial charge is 0.338 e. The van der Waals surface area contributed by atoms with Gasteiger partial charge in [-0.1, -0.05) is 29.8 Å². The number of hydrogen-bond acceptors (Lipinski definition) is 4. The number of benzene rings is 2. The van der Waals surface area contributed by atoms with E-state index < -0.39 is 5.97 Å². The normalized spacial score (nSPS) is 13.2. The summed E-state index contributed by atoms with van der Waals surface area (Å²) in [5.74, 6) is 0.0486. The van der Waals surface area contributed by atoms with Crippen LogP contribution in [0.5, 0.6) is 5.75 Å². The van der Waals surface area contributed by atoms with Crippen LogP contribution in [0.2, 0.25) is 0 Å². The molecule has 2 aromatic carbocycles. The molecule has 0 unspecified atom stereocenters. The highest BCUT2D eigenvalue weighted by atomic mass is 16.5. The van der Waals surface area contributed by atoms with Crippen LogP contribution in [-0.2, 0) is 16.1 Å². The maximum Gasteiger partial charge on any atom is 0.338 e. The zero-order valence-corrected chi connectivity index (χ0v) is 13.7. The number of amides is 1. The van der Waals surface area contributed by atoms with Crippen LogP contribution >= 0.6 is 0 Å². The molecule has 0 fully saturated rings. The number of rotatable bonds is 4. The third-order valence-corrected chi connectivity index (χ3v) is 3.87. The number of ether oxygens (including phenoxy) is 2. The Morgan fingerprint density at radius 1 is 1.21 bits per heavy atom. The molecule has 0 aromatic heterocycles. The third kappa shape index (κ3) is 3.25. The highest BCUT2D eigenvalue weighted by Crippen LogP contribution is 2.34. The quantitative estimate of drug-likeness (QED) is 0.811. The maximum absolute atomic E-state index is 12.3. The van der Waals surface area contributed by atoms with Gasteiger partial charge in [0.2, 0.25) is 0 Å². The summed E-state index contributed by atoms with van der Waals surface area (Å²) in [7, 11) is 0. The average Bonchev–Trinajstić information content (AvgIpc) is 2.59. The third-order valence-electron chi connectivity index (χ3n) is 3.87. The number of aryl methyl sites for hydroxylation is 1. The van der Waals surface area contributed by atoms with Crippen molar-refractivity contribution < 1.29 is 19.1 Å². The number of hydrogen-bond donors (Lipinski definition) is 0. The van der Waals surface area contributed by atoms with Gasteiger partial charge in [0, 0.05) is 0 Å². The highest BCUT2D eigenvalue weighted by molar-refractivity contribution is 6.00. The van der Waals surface area contributed by atoms with Crippen molar-refractivity contribution in [3.05, 3.63) is 59.2 Å². The molecule has 0 atom stereocenters. The lowest BCUT2D eigenvalue weighted by atomic mass is 10.1. The number of carbonyl (C=O) groups excluding carboxylic acids is 2. The van der Waals surface area contributed by atoms with E-state index in [1.54, 1.807) is 30.0 Å². The second kappa shape index (κ2) is 6.74. The standard InChI is InChI=1S/C19H19NO4/c1-3-23-19(22)15-8-9-17-16(10-15)20(18(21)12-24-17)11-14-6-4-13(2)5-7-14/h4-10H,3,11-12H2,1-2H3. The van der Waals surface area contributed by atoms with Crippen molar-refractivity contribution in [1.82, 2.24) is 0 Å². The lowest BCUT2D eigenvalue weighted by Gasteiger charge is -2.29. The van der Waals surface area contributed by atoms with Crippen molar-refractivity contribution in [3.63, 3.8) is 0 Å². The Hall–Kier alpha value is -2.82. The van der Waals surface area contributed by atoms with Gasteiger partial charge in [0.1, 0.15) is 5.75 Å². The molecule has 0 spiro atoms. The zero-order valence-electron chi connectivity index (χ0n) is 13.7. The molecule has 1 aliphatic heterocycles. The Morgan fingerprint density at radius 2 is 1.96 bits per heavy atom. The van der Waals surface area contributed by atoms with Crippen LogP contribution in [0, 0.1) is 6.92 Å². The predicted molar refractivity (Wildman–Crippen MR) is 90.3 cm³/mol. The van der Waals surface area contributed by atoms with Crippen molar-refractivity contribution in [2.75, 3.05) is 18.1 Å². The van der Waals surface area contributed by atoms with E-state index in [1.807, 2.05) is 31.2 Å². The summed E-state index contributed by atoms with van der Waals surface area (Å²) in [5.41, 5.74) is 3.18. The zero-order chi connectivity index (χ0) is 17.1. The Balaban J connectivity index is 1.93. The first-order valence-corrected chi connectivity index (χ1v) is 7.88. The van der Waals surface area contributed by atoms with Crippen molar-refractivity contribution in [1.29, 1.82) is 0 Å². The number of fused-ring (bicyclic) bond motifs is 1. The van der Waals surface area contributed by atoms with Crippen LogP contribution < -0.4 is 9.64 Å². The molecule has 0 bridgehead atoms. The Kier molecular flexibility index (Phi) is 4.51. The molecule has 1 aliphatic rings. The summed E-state index contributed by atoms with van der Waals surface area (Å²) >= 11 is 0. The number of anilines is 1. The van der Waals surface area contributed by atoms with Gasteiger partial charge in [-0.05, 0) is 37.6 Å². The molecule has 0 N–H and O–H groups in total. The summed E-state index contributed by atoms with van der Waals surface area (Å²) in [6, 6.07) is 13.0. The molecule has 0 saturated carbocycles. The van der Waals surface area contributed by atoms with Crippen LogP contribution in [0.3, 0.4) is 0 Å². The van der Waals surface area contributed by atoms with Crippen molar-refractivity contribution >= 4 is 17.6 Å². The molecular weight excluding hydrogens is 306 g/mol. The van der Waals surface area contributed by atoms with Gasteiger partial charge in [-0.25, -0.2) is 4.79 Å². The lowest BCUT2D eigenvalue weighted by Crippen LogP contribution is -2.38. The Morgan fingerprint density at radius 3 is 2.67 bits per heavy atom. The van der Waals surface area contributed by atoms with E-state index in [-0.39, 0.29) is 12.5 Å². The predicted octanol–water partition coefficient (Wildman–Crippen LogP) is 3.10. The van der Waals surface area contributed by atoms with E-state index in [2.05, 4.69) is 0 Å². The first-order chi connectivity index (χ1) is 11.6. The minimum absolute atomic E-state index is 0.00237. The van der Waals surface area contributed by atoms with Gasteiger partial charge in [-0.2, -0.15) is 0 Å². The first kappa shape index (κ1) is 16.1. The monoisotopic (exact) mass is 325 g/mol. The van der Waals surface area contributed by atoms with E-state index in [9.17, 15) is 9.59 Å². The molecule has 0 radical (unpaired) electrons. The summed E-state index contributed by atoms with van der Waals surface area (Å²) in [5, 5.41) is 0.